The quantitative estimate of drug-likeness (QED) is 0.734. The van der Waals surface area contributed by atoms with E-state index in [2.05, 4.69) is 9.13 Å². The first kappa shape index (κ1) is 12.5. The summed E-state index contributed by atoms with van der Waals surface area (Å²) in [6.07, 6.45) is 1.01. The van der Waals surface area contributed by atoms with E-state index in [-0.39, 0.29) is 17.1 Å². The van der Waals surface area contributed by atoms with Crippen LogP contribution in [-0.4, -0.2) is 34.4 Å². The number of esters is 1. The third-order valence-corrected chi connectivity index (χ3v) is 3.62. The third-order valence-electron chi connectivity index (χ3n) is 2.36. The van der Waals surface area contributed by atoms with Gasteiger partial charge in [-0.25, -0.2) is 4.39 Å². The molecule has 0 aromatic heterocycles. The Bertz CT molecular complexity index is 627. The molecule has 1 heterocycles. The number of ether oxygens (including phenoxy) is 1. The number of hydrogen-bond donors (Lipinski definition) is 0. The van der Waals surface area contributed by atoms with Crippen LogP contribution in [0.4, 0.5) is 10.1 Å². The van der Waals surface area contributed by atoms with Gasteiger partial charge >= 0.3 is 5.97 Å². The molecule has 0 fully saturated rings. The fraction of sp³-hybridized carbons (Fsp3) is 0.200. The van der Waals surface area contributed by atoms with Crippen LogP contribution in [0.5, 0.6) is 0 Å². The molecule has 0 atom stereocenters. The predicted molar refractivity (Wildman–Crippen MR) is 61.4 cm³/mol. The number of carbonyl (C=O) groups excluding carboxylic acids is 1. The van der Waals surface area contributed by atoms with E-state index >= 15 is 0 Å². The van der Waals surface area contributed by atoms with Crippen molar-refractivity contribution in [3.05, 3.63) is 24.0 Å². The predicted octanol–water partition coefficient (Wildman–Crippen LogP) is 0.536. The smallest absolute Gasteiger partial charge is 0.325 e. The summed E-state index contributed by atoms with van der Waals surface area (Å²) in [5.74, 6) is -1.25. The second-order valence-electron chi connectivity index (χ2n) is 3.51. The number of sulfonamides is 1. The van der Waals surface area contributed by atoms with Gasteiger partial charge in [0.1, 0.15) is 23.6 Å². The van der Waals surface area contributed by atoms with E-state index in [0.717, 1.165) is 18.5 Å². The highest BCUT2D eigenvalue weighted by Crippen LogP contribution is 2.29. The molecule has 6 nitrogen and oxygen atoms in total. The second-order valence-corrected chi connectivity index (χ2v) is 5.11. The van der Waals surface area contributed by atoms with Crippen LogP contribution in [-0.2, 0) is 19.6 Å². The summed E-state index contributed by atoms with van der Waals surface area (Å²) in [5, 5.41) is 0. The molecule has 0 aliphatic carbocycles. The van der Waals surface area contributed by atoms with Crippen molar-refractivity contribution >= 4 is 28.0 Å². The van der Waals surface area contributed by atoms with Crippen molar-refractivity contribution < 1.29 is 22.3 Å². The molecule has 0 N–H and O–H groups in total. The normalized spacial score (nSPS) is 16.2. The summed E-state index contributed by atoms with van der Waals surface area (Å²) in [7, 11) is -2.69. The Morgan fingerprint density at radius 2 is 2.22 bits per heavy atom. The molecule has 0 saturated carbocycles. The Balaban J connectivity index is 2.48. The van der Waals surface area contributed by atoms with Crippen molar-refractivity contribution in [2.45, 2.75) is 4.90 Å². The van der Waals surface area contributed by atoms with Gasteiger partial charge in [-0.05, 0) is 18.2 Å². The molecule has 0 amide bonds. The van der Waals surface area contributed by atoms with E-state index < -0.39 is 21.8 Å². The van der Waals surface area contributed by atoms with Crippen molar-refractivity contribution in [3.63, 3.8) is 0 Å². The lowest BCUT2D eigenvalue weighted by molar-refractivity contribution is -0.138. The van der Waals surface area contributed by atoms with E-state index in [1.54, 1.807) is 0 Å². The lowest BCUT2D eigenvalue weighted by atomic mass is 10.3. The van der Waals surface area contributed by atoms with E-state index in [9.17, 15) is 17.6 Å². The maximum absolute atomic E-state index is 13.1. The first-order chi connectivity index (χ1) is 8.44. The van der Waals surface area contributed by atoms with E-state index in [4.69, 9.17) is 0 Å². The van der Waals surface area contributed by atoms with Crippen molar-refractivity contribution in [2.24, 2.45) is 4.40 Å². The summed E-state index contributed by atoms with van der Waals surface area (Å²) in [6.45, 7) is -0.200. The number of halogens is 1. The molecule has 0 radical (unpaired) electrons. The van der Waals surface area contributed by atoms with Crippen LogP contribution in [0, 0.1) is 5.82 Å². The minimum Gasteiger partial charge on any atom is -0.468 e. The van der Waals surface area contributed by atoms with Gasteiger partial charge in [-0.1, -0.05) is 0 Å². The summed E-state index contributed by atoms with van der Waals surface area (Å²) in [4.78, 5) is 12.2. The Kier molecular flexibility index (Phi) is 3.04. The second kappa shape index (κ2) is 4.37. The summed E-state index contributed by atoms with van der Waals surface area (Å²) >= 11 is 0. The molecule has 0 saturated heterocycles. The van der Waals surface area contributed by atoms with Crippen LogP contribution in [0.1, 0.15) is 0 Å². The lowest BCUT2D eigenvalue weighted by Crippen LogP contribution is -2.33. The van der Waals surface area contributed by atoms with Crippen LogP contribution in [0.15, 0.2) is 27.5 Å². The van der Waals surface area contributed by atoms with E-state index in [1.807, 2.05) is 0 Å². The van der Waals surface area contributed by atoms with E-state index in [1.165, 1.54) is 18.1 Å². The monoisotopic (exact) mass is 272 g/mol. The molecule has 1 aromatic rings. The highest BCUT2D eigenvalue weighted by atomic mass is 32.2. The standard InChI is InChI=1S/C10H9FN2O4S/c1-17-10(14)5-13-6-12-18(15,16)9-4-7(11)2-3-8(9)13/h2-4,6H,5H2,1H3. The number of benzene rings is 1. The van der Waals surface area contributed by atoms with Crippen LogP contribution < -0.4 is 4.90 Å². The number of methoxy groups -OCH3 is 1. The third kappa shape index (κ3) is 2.19. The maximum Gasteiger partial charge on any atom is 0.325 e. The van der Waals surface area contributed by atoms with Crippen molar-refractivity contribution in [3.8, 4) is 0 Å². The Morgan fingerprint density at radius 1 is 1.50 bits per heavy atom. The number of fused-ring (bicyclic) bond motifs is 1. The van der Waals surface area contributed by atoms with Gasteiger partial charge in [0.05, 0.1) is 12.8 Å². The highest BCUT2D eigenvalue weighted by molar-refractivity contribution is 7.90. The van der Waals surface area contributed by atoms with Crippen LogP contribution >= 0.6 is 0 Å². The molecule has 0 bridgehead atoms. The molecular weight excluding hydrogens is 263 g/mol. The average Bonchev–Trinajstić information content (AvgIpc) is 2.33. The summed E-state index contributed by atoms with van der Waals surface area (Å²) < 4.78 is 44.1. The molecule has 18 heavy (non-hydrogen) atoms. The van der Waals surface area contributed by atoms with Gasteiger partial charge in [-0.15, -0.1) is 4.40 Å². The zero-order valence-electron chi connectivity index (χ0n) is 9.33. The first-order valence-electron chi connectivity index (χ1n) is 4.87. The Labute approximate surface area is 103 Å². The van der Waals surface area contributed by atoms with Gasteiger partial charge in [0.25, 0.3) is 10.0 Å². The fourth-order valence-corrected chi connectivity index (χ4v) is 2.56. The minimum atomic E-state index is -3.90. The Morgan fingerprint density at radius 3 is 2.89 bits per heavy atom. The van der Waals surface area contributed by atoms with Gasteiger partial charge in [0.15, 0.2) is 0 Å². The van der Waals surface area contributed by atoms with E-state index in [0.29, 0.717) is 0 Å². The zero-order chi connectivity index (χ0) is 13.3. The topological polar surface area (TPSA) is 76.0 Å². The van der Waals surface area contributed by atoms with Crippen LogP contribution in [0.3, 0.4) is 0 Å². The van der Waals surface area contributed by atoms with Crippen molar-refractivity contribution in [2.75, 3.05) is 18.6 Å². The fourth-order valence-electron chi connectivity index (χ4n) is 1.50. The summed E-state index contributed by atoms with van der Waals surface area (Å²) in [5.41, 5.74) is 0.191. The average molecular weight is 272 g/mol. The van der Waals surface area contributed by atoms with Gasteiger partial charge in [-0.2, -0.15) is 8.42 Å². The summed E-state index contributed by atoms with van der Waals surface area (Å²) in [6, 6.07) is 3.25. The number of nitrogens with zero attached hydrogens (tertiary/aromatic N) is 2. The molecule has 1 aliphatic rings. The van der Waals surface area contributed by atoms with Crippen LogP contribution in [0.2, 0.25) is 0 Å². The minimum absolute atomic E-state index is 0.191. The van der Waals surface area contributed by atoms with Gasteiger partial charge in [-0.3, -0.25) is 4.79 Å². The van der Waals surface area contributed by atoms with Gasteiger partial charge < -0.3 is 9.64 Å². The lowest BCUT2D eigenvalue weighted by Gasteiger charge is -2.23. The number of hydrogen-bond acceptors (Lipinski definition) is 5. The molecular formula is C10H9FN2O4S. The SMILES string of the molecule is COC(=O)CN1C=NS(=O)(=O)c2cc(F)ccc21. The molecule has 0 unspecified atom stereocenters. The van der Waals surface area contributed by atoms with Crippen molar-refractivity contribution in [1.82, 2.24) is 0 Å². The largest absolute Gasteiger partial charge is 0.468 e. The maximum atomic E-state index is 13.1. The molecule has 96 valence electrons. The van der Waals surface area contributed by atoms with Crippen molar-refractivity contribution in [1.29, 1.82) is 0 Å². The van der Waals surface area contributed by atoms with Crippen LogP contribution in [0.25, 0.3) is 0 Å². The molecule has 2 rings (SSSR count). The molecule has 0 spiro atoms. The highest BCUT2D eigenvalue weighted by Gasteiger charge is 2.27. The van der Waals surface area contributed by atoms with Gasteiger partial charge in [0, 0.05) is 0 Å². The molecule has 1 aromatic carbocycles. The molecule has 1 aliphatic heterocycles. The molecule has 8 heteroatoms. The van der Waals surface area contributed by atoms with Gasteiger partial charge in [0.2, 0.25) is 0 Å². The number of rotatable bonds is 2. The number of anilines is 1. The first-order valence-corrected chi connectivity index (χ1v) is 6.31. The number of carbonyl (C=O) groups is 1. The zero-order valence-corrected chi connectivity index (χ0v) is 10.1. The Hall–Kier alpha value is -1.96.